The molecule has 0 aliphatic heterocycles. The number of carbonyl (C=O) groups excluding carboxylic acids is 1. The van der Waals surface area contributed by atoms with Crippen LogP contribution in [0.15, 0.2) is 18.2 Å². The van der Waals surface area contributed by atoms with Crippen molar-refractivity contribution in [2.75, 3.05) is 13.6 Å². The van der Waals surface area contributed by atoms with Crippen LogP contribution < -0.4 is 5.32 Å². The van der Waals surface area contributed by atoms with Gasteiger partial charge in [0.25, 0.3) is 6.43 Å². The summed E-state index contributed by atoms with van der Waals surface area (Å²) in [6.45, 7) is 1.76. The first kappa shape index (κ1) is 11.8. The van der Waals surface area contributed by atoms with Gasteiger partial charge in [-0.3, -0.25) is 4.79 Å². The van der Waals surface area contributed by atoms with Crippen LogP contribution in [-0.2, 0) is 0 Å². The van der Waals surface area contributed by atoms with Crippen molar-refractivity contribution < 1.29 is 13.6 Å². The molecule has 0 aliphatic carbocycles. The predicted molar refractivity (Wildman–Crippen MR) is 54.4 cm³/mol. The van der Waals surface area contributed by atoms with Gasteiger partial charge >= 0.3 is 0 Å². The van der Waals surface area contributed by atoms with E-state index in [1.54, 1.807) is 26.1 Å². The minimum Gasteiger partial charge on any atom is -0.313 e. The van der Waals surface area contributed by atoms with Crippen LogP contribution in [0.4, 0.5) is 8.78 Å². The number of ketones is 1. The lowest BCUT2D eigenvalue weighted by atomic mass is 10.0. The van der Waals surface area contributed by atoms with Gasteiger partial charge in [-0.05, 0) is 25.6 Å². The van der Waals surface area contributed by atoms with Crippen molar-refractivity contribution in [3.63, 3.8) is 0 Å². The van der Waals surface area contributed by atoms with E-state index in [1.165, 1.54) is 6.07 Å². The first-order valence-electron chi connectivity index (χ1n) is 4.62. The highest BCUT2D eigenvalue weighted by Crippen LogP contribution is 2.23. The van der Waals surface area contributed by atoms with E-state index in [0.717, 1.165) is 0 Å². The standard InChI is InChI=1S/C11H13F2NO/c1-7-3-4-8(10(15)6-14-2)5-9(7)11(12)13/h3-5,11,14H,6H2,1-2H3. The molecule has 0 radical (unpaired) electrons. The van der Waals surface area contributed by atoms with Crippen LogP contribution >= 0.6 is 0 Å². The van der Waals surface area contributed by atoms with E-state index >= 15 is 0 Å². The van der Waals surface area contributed by atoms with E-state index in [1.807, 2.05) is 0 Å². The Kier molecular flexibility index (Phi) is 3.91. The zero-order valence-corrected chi connectivity index (χ0v) is 8.68. The molecular formula is C11H13F2NO. The van der Waals surface area contributed by atoms with Crippen molar-refractivity contribution in [2.45, 2.75) is 13.3 Å². The maximum Gasteiger partial charge on any atom is 0.264 e. The Bertz CT molecular complexity index is 364. The quantitative estimate of drug-likeness (QED) is 0.778. The number of halogens is 2. The summed E-state index contributed by atoms with van der Waals surface area (Å²) in [7, 11) is 1.64. The van der Waals surface area contributed by atoms with Crippen LogP contribution in [0.3, 0.4) is 0 Å². The molecule has 0 saturated heterocycles. The van der Waals surface area contributed by atoms with E-state index < -0.39 is 6.43 Å². The number of nitrogens with one attached hydrogen (secondary N) is 1. The van der Waals surface area contributed by atoms with Crippen LogP contribution in [0.2, 0.25) is 0 Å². The summed E-state index contributed by atoms with van der Waals surface area (Å²) >= 11 is 0. The summed E-state index contributed by atoms with van der Waals surface area (Å²) in [5.41, 5.74) is 0.758. The second-order valence-electron chi connectivity index (χ2n) is 3.33. The molecule has 0 amide bonds. The Hall–Kier alpha value is -1.29. The maximum atomic E-state index is 12.5. The van der Waals surface area contributed by atoms with Crippen molar-refractivity contribution in [1.29, 1.82) is 0 Å². The van der Waals surface area contributed by atoms with Gasteiger partial charge < -0.3 is 5.32 Å². The van der Waals surface area contributed by atoms with Crippen LogP contribution in [0.5, 0.6) is 0 Å². The number of carbonyl (C=O) groups is 1. The third kappa shape index (κ3) is 2.83. The third-order valence-electron chi connectivity index (χ3n) is 2.17. The zero-order chi connectivity index (χ0) is 11.4. The first-order valence-corrected chi connectivity index (χ1v) is 4.62. The first-order chi connectivity index (χ1) is 7.06. The fourth-order valence-corrected chi connectivity index (χ4v) is 1.31. The van der Waals surface area contributed by atoms with Crippen molar-refractivity contribution in [3.05, 3.63) is 34.9 Å². The molecule has 0 heterocycles. The maximum absolute atomic E-state index is 12.5. The highest BCUT2D eigenvalue weighted by atomic mass is 19.3. The Morgan fingerprint density at radius 3 is 2.67 bits per heavy atom. The van der Waals surface area contributed by atoms with Gasteiger partial charge in [-0.25, -0.2) is 8.78 Å². The normalized spacial score (nSPS) is 10.7. The summed E-state index contributed by atoms with van der Waals surface area (Å²) in [5, 5.41) is 2.69. The smallest absolute Gasteiger partial charge is 0.264 e. The highest BCUT2D eigenvalue weighted by molar-refractivity contribution is 5.97. The van der Waals surface area contributed by atoms with Gasteiger partial charge in [-0.1, -0.05) is 12.1 Å². The molecule has 0 spiro atoms. The van der Waals surface area contributed by atoms with Gasteiger partial charge in [-0.2, -0.15) is 0 Å². The molecule has 0 saturated carbocycles. The van der Waals surface area contributed by atoms with Gasteiger partial charge in [0.1, 0.15) is 0 Å². The molecule has 1 rings (SSSR count). The van der Waals surface area contributed by atoms with Gasteiger partial charge in [0.15, 0.2) is 5.78 Å². The molecular weight excluding hydrogens is 200 g/mol. The van der Waals surface area contributed by atoms with E-state index in [-0.39, 0.29) is 17.9 Å². The molecule has 0 aromatic heterocycles. The Labute approximate surface area is 87.3 Å². The average molecular weight is 213 g/mol. The van der Waals surface area contributed by atoms with Crippen molar-refractivity contribution >= 4 is 5.78 Å². The lowest BCUT2D eigenvalue weighted by Gasteiger charge is -2.07. The molecule has 2 nitrogen and oxygen atoms in total. The van der Waals surface area contributed by atoms with E-state index in [0.29, 0.717) is 11.1 Å². The lowest BCUT2D eigenvalue weighted by Crippen LogP contribution is -2.18. The Morgan fingerprint density at radius 1 is 1.47 bits per heavy atom. The molecule has 1 aromatic rings. The van der Waals surface area contributed by atoms with E-state index in [9.17, 15) is 13.6 Å². The van der Waals surface area contributed by atoms with Crippen molar-refractivity contribution in [2.24, 2.45) is 0 Å². The number of hydrogen-bond donors (Lipinski definition) is 1. The summed E-state index contributed by atoms with van der Waals surface area (Å²) in [6.07, 6.45) is -2.53. The van der Waals surface area contributed by atoms with Crippen LogP contribution in [0.25, 0.3) is 0 Å². The molecule has 0 atom stereocenters. The number of Topliss-reactive ketones (excluding diaryl/α,β-unsaturated/α-hetero) is 1. The van der Waals surface area contributed by atoms with Gasteiger partial charge in [-0.15, -0.1) is 0 Å². The monoisotopic (exact) mass is 213 g/mol. The van der Waals surface area contributed by atoms with E-state index in [4.69, 9.17) is 0 Å². The number of aryl methyl sites for hydroxylation is 1. The Morgan fingerprint density at radius 2 is 2.13 bits per heavy atom. The SMILES string of the molecule is CNCC(=O)c1ccc(C)c(C(F)F)c1. The molecule has 1 aromatic carbocycles. The number of benzene rings is 1. The van der Waals surface area contributed by atoms with Gasteiger partial charge in [0, 0.05) is 11.1 Å². The lowest BCUT2D eigenvalue weighted by molar-refractivity contribution is 0.0993. The molecule has 0 aliphatic rings. The van der Waals surface area contributed by atoms with E-state index in [2.05, 4.69) is 5.32 Å². The molecule has 82 valence electrons. The molecule has 15 heavy (non-hydrogen) atoms. The largest absolute Gasteiger partial charge is 0.313 e. The number of rotatable bonds is 4. The average Bonchev–Trinajstić information content (AvgIpc) is 2.18. The fraction of sp³-hybridized carbons (Fsp3) is 0.364. The van der Waals surface area contributed by atoms with Crippen LogP contribution in [-0.4, -0.2) is 19.4 Å². The summed E-state index contributed by atoms with van der Waals surface area (Å²) < 4.78 is 25.1. The summed E-state index contributed by atoms with van der Waals surface area (Å²) in [6, 6.07) is 4.38. The predicted octanol–water partition coefficient (Wildman–Crippen LogP) is 2.33. The molecule has 4 heteroatoms. The highest BCUT2D eigenvalue weighted by Gasteiger charge is 2.13. The number of hydrogen-bond acceptors (Lipinski definition) is 2. The Balaban J connectivity index is 3.02. The second kappa shape index (κ2) is 4.98. The van der Waals surface area contributed by atoms with Crippen molar-refractivity contribution in [3.8, 4) is 0 Å². The molecule has 0 unspecified atom stereocenters. The minimum absolute atomic E-state index is 0.0723. The second-order valence-corrected chi connectivity index (χ2v) is 3.33. The zero-order valence-electron chi connectivity index (χ0n) is 8.68. The van der Waals surface area contributed by atoms with Crippen LogP contribution in [0.1, 0.15) is 27.9 Å². The van der Waals surface area contributed by atoms with Gasteiger partial charge in [0.2, 0.25) is 0 Å². The topological polar surface area (TPSA) is 29.1 Å². The molecule has 1 N–H and O–H groups in total. The minimum atomic E-state index is -2.53. The van der Waals surface area contributed by atoms with Gasteiger partial charge in [0.05, 0.1) is 6.54 Å². The summed E-state index contributed by atoms with van der Waals surface area (Å²) in [5.74, 6) is -0.181. The third-order valence-corrected chi connectivity index (χ3v) is 2.17. The molecule has 0 fully saturated rings. The van der Waals surface area contributed by atoms with Crippen molar-refractivity contribution in [1.82, 2.24) is 5.32 Å². The molecule has 0 bridgehead atoms. The summed E-state index contributed by atoms with van der Waals surface area (Å²) in [4.78, 5) is 11.4. The number of likely N-dealkylation sites (N-methyl/N-ethyl adjacent to an activating group) is 1. The fourth-order valence-electron chi connectivity index (χ4n) is 1.31. The number of alkyl halides is 2. The van der Waals surface area contributed by atoms with Crippen LogP contribution in [0, 0.1) is 6.92 Å².